The van der Waals surface area contributed by atoms with Crippen molar-refractivity contribution in [3.05, 3.63) is 0 Å². The van der Waals surface area contributed by atoms with Gasteiger partial charge in [0.15, 0.2) is 0 Å². The van der Waals surface area contributed by atoms with E-state index in [2.05, 4.69) is 17.8 Å². The van der Waals surface area contributed by atoms with Crippen LogP contribution in [0.5, 0.6) is 0 Å². The van der Waals surface area contributed by atoms with Gasteiger partial charge < -0.3 is 5.21 Å². The zero-order valence-corrected chi connectivity index (χ0v) is 4.44. The molecule has 1 N–H and O–H groups in total. The van der Waals surface area contributed by atoms with Crippen LogP contribution in [0.3, 0.4) is 0 Å². The van der Waals surface area contributed by atoms with Crippen LogP contribution < -0.4 is 0 Å². The van der Waals surface area contributed by atoms with Gasteiger partial charge in [-0.25, -0.2) is 0 Å². The topological polar surface area (TPSA) is 32.6 Å². The van der Waals surface area contributed by atoms with Gasteiger partial charge in [0.2, 0.25) is 0 Å². The first kappa shape index (κ1) is 5.82. The van der Waals surface area contributed by atoms with Gasteiger partial charge in [-0.2, -0.15) is 12.6 Å². The summed E-state index contributed by atoms with van der Waals surface area (Å²) >= 11 is 3.80. The molecule has 0 saturated heterocycles. The Balaban J connectivity index is 3.22. The predicted octanol–water partition coefficient (Wildman–Crippen LogP) is 0.766. The summed E-state index contributed by atoms with van der Waals surface area (Å²) in [6.07, 6.45) is 0. The third-order valence-electron chi connectivity index (χ3n) is 0.400. The zero-order valence-electron chi connectivity index (χ0n) is 3.55. The van der Waals surface area contributed by atoms with Crippen molar-refractivity contribution in [3.63, 3.8) is 0 Å². The van der Waals surface area contributed by atoms with Gasteiger partial charge in [-0.05, 0) is 6.92 Å². The fourth-order valence-electron chi connectivity index (χ4n) is 0.0316. The highest BCUT2D eigenvalue weighted by Gasteiger charge is 1.78. The second kappa shape index (κ2) is 3.03. The fraction of sp³-hybridized carbons (Fsp3) is 0.667. The van der Waals surface area contributed by atoms with E-state index >= 15 is 0 Å². The summed E-state index contributed by atoms with van der Waals surface area (Å²) in [6.45, 7) is 1.70. The summed E-state index contributed by atoms with van der Waals surface area (Å²) in [6, 6.07) is 0. The van der Waals surface area contributed by atoms with E-state index in [4.69, 9.17) is 5.21 Å². The van der Waals surface area contributed by atoms with Gasteiger partial charge in [-0.3, -0.25) is 0 Å². The Kier molecular flexibility index (Phi) is 2.94. The van der Waals surface area contributed by atoms with Crippen LogP contribution in [0.2, 0.25) is 0 Å². The molecule has 6 heavy (non-hydrogen) atoms. The molecular formula is C3H7NOS. The number of rotatable bonds is 1. The first-order chi connectivity index (χ1) is 2.81. The lowest BCUT2D eigenvalue weighted by Gasteiger charge is -1.81. The van der Waals surface area contributed by atoms with E-state index in [0.717, 1.165) is 0 Å². The van der Waals surface area contributed by atoms with Crippen LogP contribution in [0.1, 0.15) is 6.92 Å². The summed E-state index contributed by atoms with van der Waals surface area (Å²) in [5.74, 6) is 0.524. The molecule has 36 valence electrons. The minimum absolute atomic E-state index is 0.524. The highest BCUT2D eigenvalue weighted by atomic mass is 32.1. The van der Waals surface area contributed by atoms with Gasteiger partial charge in [-0.1, -0.05) is 5.16 Å². The summed E-state index contributed by atoms with van der Waals surface area (Å²) in [5.41, 5.74) is 0.637. The van der Waals surface area contributed by atoms with E-state index in [-0.39, 0.29) is 0 Å². The first-order valence-corrected chi connectivity index (χ1v) is 2.23. The quantitative estimate of drug-likeness (QED) is 0.219. The van der Waals surface area contributed by atoms with Gasteiger partial charge in [0.25, 0.3) is 0 Å². The molecule has 2 nitrogen and oxygen atoms in total. The molecule has 0 aliphatic rings. The maximum absolute atomic E-state index is 7.87. The lowest BCUT2D eigenvalue weighted by atomic mass is 10.5. The Hall–Kier alpha value is -0.180. The summed E-state index contributed by atoms with van der Waals surface area (Å²) in [5, 5.41) is 10.7. The summed E-state index contributed by atoms with van der Waals surface area (Å²) < 4.78 is 0. The van der Waals surface area contributed by atoms with Gasteiger partial charge >= 0.3 is 0 Å². The Bertz CT molecular complexity index is 61.8. The van der Waals surface area contributed by atoms with Crippen molar-refractivity contribution in [2.75, 3.05) is 5.75 Å². The molecule has 0 aromatic heterocycles. The second-order valence-corrected chi connectivity index (χ2v) is 1.31. The van der Waals surface area contributed by atoms with Crippen molar-refractivity contribution in [1.82, 2.24) is 0 Å². The molecule has 0 radical (unpaired) electrons. The van der Waals surface area contributed by atoms with E-state index in [1.807, 2.05) is 0 Å². The molecule has 0 bridgehead atoms. The standard InChI is InChI=1S/C3H7NOS/c1-3(2-6)4-5/h5-6H,2H2,1H3/b4-3+. The van der Waals surface area contributed by atoms with Crippen LogP contribution in [0.15, 0.2) is 5.16 Å². The van der Waals surface area contributed by atoms with Gasteiger partial charge in [0.05, 0.1) is 5.71 Å². The number of oxime groups is 1. The van der Waals surface area contributed by atoms with Crippen molar-refractivity contribution < 1.29 is 5.21 Å². The molecule has 0 aliphatic carbocycles. The minimum atomic E-state index is 0.524. The maximum Gasteiger partial charge on any atom is 0.0636 e. The molecule has 0 spiro atoms. The Morgan fingerprint density at radius 3 is 2.50 bits per heavy atom. The van der Waals surface area contributed by atoms with Crippen LogP contribution >= 0.6 is 12.6 Å². The number of hydrogen-bond acceptors (Lipinski definition) is 3. The van der Waals surface area contributed by atoms with E-state index in [1.165, 1.54) is 0 Å². The maximum atomic E-state index is 7.87. The molecule has 0 amide bonds. The largest absolute Gasteiger partial charge is 0.411 e. The smallest absolute Gasteiger partial charge is 0.0636 e. The third kappa shape index (κ3) is 2.08. The fourth-order valence-corrected chi connectivity index (χ4v) is 0.0949. The molecule has 0 unspecified atom stereocenters. The van der Waals surface area contributed by atoms with Gasteiger partial charge in [-0.15, -0.1) is 0 Å². The van der Waals surface area contributed by atoms with Crippen molar-refractivity contribution in [3.8, 4) is 0 Å². The van der Waals surface area contributed by atoms with Crippen LogP contribution in [0.4, 0.5) is 0 Å². The van der Waals surface area contributed by atoms with Crippen LogP contribution in [-0.4, -0.2) is 16.7 Å². The molecule has 0 saturated carbocycles. The average Bonchev–Trinajstić information content (AvgIpc) is 1.65. The lowest BCUT2D eigenvalue weighted by molar-refractivity contribution is 0.318. The summed E-state index contributed by atoms with van der Waals surface area (Å²) in [7, 11) is 0. The number of nitrogens with zero attached hydrogens (tertiary/aromatic N) is 1. The normalized spacial score (nSPS) is 12.0. The Morgan fingerprint density at radius 2 is 2.50 bits per heavy atom. The molecular weight excluding hydrogens is 98.1 g/mol. The van der Waals surface area contributed by atoms with Gasteiger partial charge in [0.1, 0.15) is 0 Å². The predicted molar refractivity (Wildman–Crippen MR) is 28.7 cm³/mol. The first-order valence-electron chi connectivity index (χ1n) is 1.59. The van der Waals surface area contributed by atoms with Crippen molar-refractivity contribution >= 4 is 18.3 Å². The average molecular weight is 105 g/mol. The Labute approximate surface area is 42.3 Å². The van der Waals surface area contributed by atoms with Crippen LogP contribution in [0.25, 0.3) is 0 Å². The van der Waals surface area contributed by atoms with Crippen molar-refractivity contribution in [2.24, 2.45) is 5.16 Å². The SMILES string of the molecule is C/C(CS)=N\O. The third-order valence-corrected chi connectivity index (χ3v) is 0.857. The van der Waals surface area contributed by atoms with Crippen molar-refractivity contribution in [2.45, 2.75) is 6.92 Å². The highest BCUT2D eigenvalue weighted by Crippen LogP contribution is 1.76. The highest BCUT2D eigenvalue weighted by molar-refractivity contribution is 7.81. The van der Waals surface area contributed by atoms with Crippen molar-refractivity contribution in [1.29, 1.82) is 0 Å². The van der Waals surface area contributed by atoms with Gasteiger partial charge in [0, 0.05) is 5.75 Å². The van der Waals surface area contributed by atoms with E-state index in [1.54, 1.807) is 6.92 Å². The molecule has 0 atom stereocenters. The number of thiol groups is 1. The minimum Gasteiger partial charge on any atom is -0.411 e. The van der Waals surface area contributed by atoms with Crippen LogP contribution in [-0.2, 0) is 0 Å². The molecule has 0 fully saturated rings. The molecule has 0 aromatic carbocycles. The molecule has 0 rings (SSSR count). The monoisotopic (exact) mass is 105 g/mol. The van der Waals surface area contributed by atoms with E-state index in [0.29, 0.717) is 11.5 Å². The Morgan fingerprint density at radius 1 is 2.00 bits per heavy atom. The second-order valence-electron chi connectivity index (χ2n) is 0.993. The molecule has 0 heterocycles. The van der Waals surface area contributed by atoms with Crippen LogP contribution in [0, 0.1) is 0 Å². The molecule has 0 aliphatic heterocycles. The zero-order chi connectivity index (χ0) is 4.99. The number of hydrogen-bond donors (Lipinski definition) is 2. The molecule has 3 heteroatoms. The lowest BCUT2D eigenvalue weighted by Crippen LogP contribution is -1.89. The molecule has 0 aromatic rings. The van der Waals surface area contributed by atoms with E-state index in [9.17, 15) is 0 Å². The van der Waals surface area contributed by atoms with E-state index < -0.39 is 0 Å². The summed E-state index contributed by atoms with van der Waals surface area (Å²) in [4.78, 5) is 0.